The molecule has 5 rings (SSSR count). The molecule has 4 aliphatic rings. The molecule has 1 aromatic heterocycles. The van der Waals surface area contributed by atoms with Gasteiger partial charge in [-0.15, -0.1) is 0 Å². The smallest absolute Gasteiger partial charge is 0.313 e. The molecule has 2 aliphatic heterocycles. The summed E-state index contributed by atoms with van der Waals surface area (Å²) in [5.74, 6) is -0.279. The van der Waals surface area contributed by atoms with Gasteiger partial charge in [-0.3, -0.25) is 4.79 Å². The molecule has 0 radical (unpaired) electrons. The maximum atomic E-state index is 13.3. The summed E-state index contributed by atoms with van der Waals surface area (Å²) in [5.41, 5.74) is -0.292. The standard InChI is InChI=1S/C20H26O6/c1-11-7-16(21)20-10-25-17(22)13(20)3-2-4-15(20)19(11)8-14(26-18(19)23)12-5-6-24-9-12/h5-6,9,11,13-17,21-22H,2-4,7-8,10H2,1H3/t11-,13+,14+,15-,16-,17?,19-,20+/m1/s1. The van der Waals surface area contributed by atoms with Gasteiger partial charge in [0.05, 0.1) is 30.7 Å². The molecule has 2 saturated heterocycles. The van der Waals surface area contributed by atoms with Gasteiger partial charge in [-0.25, -0.2) is 0 Å². The summed E-state index contributed by atoms with van der Waals surface area (Å²) in [6.45, 7) is 2.38. The van der Waals surface area contributed by atoms with Crippen molar-refractivity contribution < 1.29 is 28.9 Å². The molecule has 2 aliphatic carbocycles. The lowest BCUT2D eigenvalue weighted by Gasteiger charge is -2.59. The van der Waals surface area contributed by atoms with Crippen LogP contribution < -0.4 is 0 Å². The largest absolute Gasteiger partial charge is 0.472 e. The molecule has 3 heterocycles. The van der Waals surface area contributed by atoms with Crippen molar-refractivity contribution in [3.8, 4) is 0 Å². The molecular weight excluding hydrogens is 336 g/mol. The van der Waals surface area contributed by atoms with E-state index in [4.69, 9.17) is 13.9 Å². The second-order valence-electron chi connectivity index (χ2n) is 8.75. The van der Waals surface area contributed by atoms with Crippen LogP contribution in [0, 0.1) is 28.6 Å². The van der Waals surface area contributed by atoms with Crippen molar-refractivity contribution in [1.29, 1.82) is 0 Å². The molecule has 2 N–H and O–H groups in total. The van der Waals surface area contributed by atoms with Gasteiger partial charge in [0.1, 0.15) is 6.10 Å². The fraction of sp³-hybridized carbons (Fsp3) is 0.750. The maximum Gasteiger partial charge on any atom is 0.313 e. The third-order valence-corrected chi connectivity index (χ3v) is 7.96. The Kier molecular flexibility index (Phi) is 3.59. The molecule has 2 saturated carbocycles. The first-order chi connectivity index (χ1) is 12.5. The second-order valence-corrected chi connectivity index (χ2v) is 8.75. The second kappa shape index (κ2) is 5.57. The van der Waals surface area contributed by atoms with Gasteiger partial charge in [0, 0.05) is 23.3 Å². The Bertz CT molecular complexity index is 701. The Morgan fingerprint density at radius 2 is 2.12 bits per heavy atom. The molecular formula is C20H26O6. The Balaban J connectivity index is 1.59. The fourth-order valence-corrected chi connectivity index (χ4v) is 6.72. The third-order valence-electron chi connectivity index (χ3n) is 7.96. The number of fused-ring (bicyclic) bond motifs is 1. The minimum atomic E-state index is -0.847. The number of carbonyl (C=O) groups excluding carboxylic acids is 1. The first kappa shape index (κ1) is 16.8. The number of hydrogen-bond acceptors (Lipinski definition) is 6. The SMILES string of the molecule is C[C@@H]1C[C@@H](O)[C@@]23COC(O)[C@@H]2CCC[C@@H]3[C@@]12C[C@@H](c1ccoc1)OC2=O. The normalized spacial score (nSPS) is 50.5. The van der Waals surface area contributed by atoms with Gasteiger partial charge in [0.2, 0.25) is 0 Å². The highest BCUT2D eigenvalue weighted by atomic mass is 16.6. The predicted octanol–water partition coefficient (Wildman–Crippen LogP) is 2.41. The molecule has 142 valence electrons. The van der Waals surface area contributed by atoms with E-state index in [1.807, 2.05) is 6.07 Å². The van der Waals surface area contributed by atoms with Crippen LogP contribution in [0.15, 0.2) is 23.0 Å². The van der Waals surface area contributed by atoms with E-state index < -0.39 is 23.2 Å². The van der Waals surface area contributed by atoms with Gasteiger partial charge in [-0.1, -0.05) is 13.3 Å². The topological polar surface area (TPSA) is 89.1 Å². The predicted molar refractivity (Wildman–Crippen MR) is 89.6 cm³/mol. The van der Waals surface area contributed by atoms with E-state index in [0.717, 1.165) is 24.8 Å². The van der Waals surface area contributed by atoms with E-state index in [9.17, 15) is 15.0 Å². The molecule has 0 bridgehead atoms. The lowest BCUT2D eigenvalue weighted by Crippen LogP contribution is -2.63. The van der Waals surface area contributed by atoms with Crippen molar-refractivity contribution in [2.45, 2.75) is 57.5 Å². The molecule has 1 unspecified atom stereocenters. The van der Waals surface area contributed by atoms with Crippen LogP contribution in [-0.2, 0) is 14.3 Å². The maximum absolute atomic E-state index is 13.3. The third kappa shape index (κ3) is 1.90. The quantitative estimate of drug-likeness (QED) is 0.746. The van der Waals surface area contributed by atoms with E-state index >= 15 is 0 Å². The Morgan fingerprint density at radius 1 is 1.27 bits per heavy atom. The van der Waals surface area contributed by atoms with Crippen LogP contribution in [0.5, 0.6) is 0 Å². The van der Waals surface area contributed by atoms with Gasteiger partial charge in [0.15, 0.2) is 6.29 Å². The number of aliphatic hydroxyl groups is 2. The van der Waals surface area contributed by atoms with Crippen LogP contribution in [0.4, 0.5) is 0 Å². The van der Waals surface area contributed by atoms with Crippen molar-refractivity contribution in [2.24, 2.45) is 28.6 Å². The lowest BCUT2D eigenvalue weighted by molar-refractivity contribution is -0.194. The summed E-state index contributed by atoms with van der Waals surface area (Å²) >= 11 is 0. The summed E-state index contributed by atoms with van der Waals surface area (Å²) in [6.07, 6.45) is 5.30. The van der Waals surface area contributed by atoms with Gasteiger partial charge in [-0.2, -0.15) is 0 Å². The van der Waals surface area contributed by atoms with Crippen molar-refractivity contribution in [3.05, 3.63) is 24.2 Å². The highest BCUT2D eigenvalue weighted by Gasteiger charge is 2.72. The number of furan rings is 1. The van der Waals surface area contributed by atoms with Crippen molar-refractivity contribution >= 4 is 5.97 Å². The molecule has 0 aromatic carbocycles. The van der Waals surface area contributed by atoms with Crippen molar-refractivity contribution in [1.82, 2.24) is 0 Å². The van der Waals surface area contributed by atoms with E-state index in [1.54, 1.807) is 12.5 Å². The van der Waals surface area contributed by atoms with Crippen LogP contribution in [0.25, 0.3) is 0 Å². The summed E-state index contributed by atoms with van der Waals surface area (Å²) in [6, 6.07) is 1.85. The Hall–Kier alpha value is -1.37. The molecule has 8 atom stereocenters. The van der Waals surface area contributed by atoms with Crippen LogP contribution >= 0.6 is 0 Å². The zero-order valence-electron chi connectivity index (χ0n) is 15.0. The first-order valence-corrected chi connectivity index (χ1v) is 9.71. The Labute approximate surface area is 152 Å². The average Bonchev–Trinajstić information content (AvgIpc) is 3.33. The molecule has 0 amide bonds. The number of esters is 1. The number of carbonyl (C=O) groups is 1. The van der Waals surface area contributed by atoms with E-state index in [1.165, 1.54) is 0 Å². The number of aliphatic hydroxyl groups excluding tert-OH is 2. The number of hydrogen-bond donors (Lipinski definition) is 2. The molecule has 4 fully saturated rings. The van der Waals surface area contributed by atoms with Crippen LogP contribution in [0.1, 0.15) is 50.7 Å². The number of cyclic esters (lactones) is 1. The van der Waals surface area contributed by atoms with Gasteiger partial charge >= 0.3 is 5.97 Å². The molecule has 2 spiro atoms. The molecule has 1 aromatic rings. The van der Waals surface area contributed by atoms with Gasteiger partial charge in [-0.05, 0) is 37.2 Å². The molecule has 6 nitrogen and oxygen atoms in total. The zero-order chi connectivity index (χ0) is 18.1. The number of rotatable bonds is 1. The summed E-state index contributed by atoms with van der Waals surface area (Å²) in [7, 11) is 0. The lowest BCUT2D eigenvalue weighted by atomic mass is 9.43. The molecule has 26 heavy (non-hydrogen) atoms. The summed E-state index contributed by atoms with van der Waals surface area (Å²) in [5, 5.41) is 21.5. The Morgan fingerprint density at radius 3 is 2.88 bits per heavy atom. The van der Waals surface area contributed by atoms with Crippen LogP contribution in [0.2, 0.25) is 0 Å². The van der Waals surface area contributed by atoms with Crippen molar-refractivity contribution in [2.75, 3.05) is 6.61 Å². The van der Waals surface area contributed by atoms with E-state index in [-0.39, 0.29) is 29.8 Å². The molecule has 6 heteroatoms. The van der Waals surface area contributed by atoms with Gasteiger partial charge < -0.3 is 24.1 Å². The minimum absolute atomic E-state index is 0.0222. The summed E-state index contributed by atoms with van der Waals surface area (Å²) < 4.78 is 16.7. The highest BCUT2D eigenvalue weighted by molar-refractivity contribution is 5.80. The van der Waals surface area contributed by atoms with Crippen LogP contribution in [-0.4, -0.2) is 35.2 Å². The van der Waals surface area contributed by atoms with Crippen LogP contribution in [0.3, 0.4) is 0 Å². The average molecular weight is 362 g/mol. The summed E-state index contributed by atoms with van der Waals surface area (Å²) in [4.78, 5) is 13.3. The first-order valence-electron chi connectivity index (χ1n) is 9.71. The fourth-order valence-electron chi connectivity index (χ4n) is 6.72. The van der Waals surface area contributed by atoms with Gasteiger partial charge in [0.25, 0.3) is 0 Å². The van der Waals surface area contributed by atoms with Crippen molar-refractivity contribution in [3.63, 3.8) is 0 Å². The van der Waals surface area contributed by atoms with E-state index in [0.29, 0.717) is 19.4 Å². The number of ether oxygens (including phenoxy) is 2. The minimum Gasteiger partial charge on any atom is -0.472 e. The highest BCUT2D eigenvalue weighted by Crippen LogP contribution is 2.68. The monoisotopic (exact) mass is 362 g/mol. The van der Waals surface area contributed by atoms with E-state index in [2.05, 4.69) is 6.92 Å². The zero-order valence-corrected chi connectivity index (χ0v) is 15.0.